The van der Waals surface area contributed by atoms with Crippen molar-refractivity contribution in [2.45, 2.75) is 20.8 Å². The molecular formula is C13H20N2O2. The molecule has 0 aliphatic rings. The molecule has 2 amide bonds. The molecule has 0 atom stereocenters. The normalized spacial score (nSPS) is 10.1. The van der Waals surface area contributed by atoms with E-state index >= 15 is 0 Å². The quantitative estimate of drug-likeness (QED) is 0.841. The summed E-state index contributed by atoms with van der Waals surface area (Å²) >= 11 is 0. The topological polar surface area (TPSA) is 52.6 Å². The fourth-order valence-electron chi connectivity index (χ4n) is 1.60. The van der Waals surface area contributed by atoms with E-state index in [0.717, 1.165) is 16.8 Å². The van der Waals surface area contributed by atoms with Crippen LogP contribution in [0.15, 0.2) is 18.2 Å². The number of nitrogens with one attached hydrogen (secondary N) is 1. The van der Waals surface area contributed by atoms with Crippen molar-refractivity contribution in [3.8, 4) is 0 Å². The minimum Gasteiger partial charge on any atom is -0.395 e. The van der Waals surface area contributed by atoms with E-state index in [2.05, 4.69) is 5.32 Å². The minimum absolute atomic E-state index is 0.0198. The van der Waals surface area contributed by atoms with Crippen LogP contribution in [0.4, 0.5) is 10.5 Å². The van der Waals surface area contributed by atoms with Gasteiger partial charge in [-0.3, -0.25) is 0 Å². The molecule has 0 spiro atoms. The molecule has 0 aromatic heterocycles. The molecule has 1 aromatic rings. The van der Waals surface area contributed by atoms with Crippen molar-refractivity contribution >= 4 is 11.7 Å². The van der Waals surface area contributed by atoms with E-state index in [9.17, 15) is 4.79 Å². The summed E-state index contributed by atoms with van der Waals surface area (Å²) in [5.41, 5.74) is 3.04. The Morgan fingerprint density at radius 2 is 2.12 bits per heavy atom. The summed E-state index contributed by atoms with van der Waals surface area (Å²) in [7, 11) is 0. The number of hydrogen-bond acceptors (Lipinski definition) is 2. The lowest BCUT2D eigenvalue weighted by Crippen LogP contribution is -2.37. The zero-order chi connectivity index (χ0) is 12.8. The van der Waals surface area contributed by atoms with E-state index < -0.39 is 0 Å². The number of nitrogens with zero attached hydrogens (tertiary/aromatic N) is 1. The number of rotatable bonds is 4. The smallest absolute Gasteiger partial charge is 0.321 e. The highest BCUT2D eigenvalue weighted by Crippen LogP contribution is 2.18. The minimum atomic E-state index is -0.171. The van der Waals surface area contributed by atoms with Gasteiger partial charge in [0, 0.05) is 18.8 Å². The molecule has 0 aliphatic heterocycles. The van der Waals surface area contributed by atoms with Crippen molar-refractivity contribution in [1.82, 2.24) is 4.90 Å². The van der Waals surface area contributed by atoms with E-state index in [4.69, 9.17) is 5.11 Å². The van der Waals surface area contributed by atoms with Gasteiger partial charge < -0.3 is 15.3 Å². The van der Waals surface area contributed by atoms with Crippen molar-refractivity contribution in [3.63, 3.8) is 0 Å². The van der Waals surface area contributed by atoms with Gasteiger partial charge in [0.05, 0.1) is 6.61 Å². The van der Waals surface area contributed by atoms with Crippen LogP contribution in [-0.4, -0.2) is 35.7 Å². The van der Waals surface area contributed by atoms with Gasteiger partial charge in [0.1, 0.15) is 0 Å². The lowest BCUT2D eigenvalue weighted by atomic mass is 10.1. The Kier molecular flexibility index (Phi) is 4.97. The summed E-state index contributed by atoms with van der Waals surface area (Å²) in [6.07, 6.45) is 0. The molecule has 0 radical (unpaired) electrons. The molecule has 94 valence electrons. The average molecular weight is 236 g/mol. The predicted octanol–water partition coefficient (Wildman–Crippen LogP) is 2.15. The van der Waals surface area contributed by atoms with Crippen molar-refractivity contribution in [3.05, 3.63) is 29.3 Å². The maximum Gasteiger partial charge on any atom is 0.321 e. The number of aliphatic hydroxyl groups is 1. The molecule has 2 N–H and O–H groups in total. The van der Waals surface area contributed by atoms with E-state index in [1.807, 2.05) is 39.0 Å². The third-order valence-electron chi connectivity index (χ3n) is 2.89. The van der Waals surface area contributed by atoms with Gasteiger partial charge in [-0.05, 0) is 38.0 Å². The molecule has 1 rings (SSSR count). The Labute approximate surface area is 102 Å². The van der Waals surface area contributed by atoms with Crippen LogP contribution in [0.3, 0.4) is 0 Å². The number of aliphatic hydroxyl groups excluding tert-OH is 1. The van der Waals surface area contributed by atoms with Gasteiger partial charge in [-0.25, -0.2) is 4.79 Å². The van der Waals surface area contributed by atoms with Gasteiger partial charge in [-0.15, -0.1) is 0 Å². The standard InChI is InChI=1S/C13H20N2O2/c1-4-15(8-9-16)13(17)14-12-7-5-6-10(2)11(12)3/h5-7,16H,4,8-9H2,1-3H3,(H,14,17). The Morgan fingerprint density at radius 1 is 1.41 bits per heavy atom. The fraction of sp³-hybridized carbons (Fsp3) is 0.462. The number of likely N-dealkylation sites (N-methyl/N-ethyl adjacent to an activating group) is 1. The summed E-state index contributed by atoms with van der Waals surface area (Å²) in [5, 5.41) is 11.7. The van der Waals surface area contributed by atoms with Crippen LogP contribution >= 0.6 is 0 Å². The van der Waals surface area contributed by atoms with Crippen molar-refractivity contribution in [2.24, 2.45) is 0 Å². The molecule has 0 saturated heterocycles. The van der Waals surface area contributed by atoms with E-state index in [-0.39, 0.29) is 12.6 Å². The van der Waals surface area contributed by atoms with Crippen LogP contribution in [-0.2, 0) is 0 Å². The molecular weight excluding hydrogens is 216 g/mol. The van der Waals surface area contributed by atoms with Crippen LogP contribution in [0.2, 0.25) is 0 Å². The Balaban J connectivity index is 2.76. The summed E-state index contributed by atoms with van der Waals surface area (Å²) in [6.45, 7) is 6.79. The lowest BCUT2D eigenvalue weighted by molar-refractivity contribution is 0.192. The number of aryl methyl sites for hydroxylation is 1. The van der Waals surface area contributed by atoms with E-state index in [1.165, 1.54) is 0 Å². The van der Waals surface area contributed by atoms with Crippen LogP contribution in [0.1, 0.15) is 18.1 Å². The molecule has 4 nitrogen and oxygen atoms in total. The Bertz CT molecular complexity index is 391. The molecule has 0 saturated carbocycles. The van der Waals surface area contributed by atoms with Gasteiger partial charge in [0.25, 0.3) is 0 Å². The van der Waals surface area contributed by atoms with Gasteiger partial charge in [-0.1, -0.05) is 12.1 Å². The van der Waals surface area contributed by atoms with E-state index in [1.54, 1.807) is 4.90 Å². The van der Waals surface area contributed by atoms with E-state index in [0.29, 0.717) is 13.1 Å². The molecule has 1 aromatic carbocycles. The molecule has 4 heteroatoms. The summed E-state index contributed by atoms with van der Waals surface area (Å²) in [6, 6.07) is 5.64. The van der Waals surface area contributed by atoms with Gasteiger partial charge >= 0.3 is 6.03 Å². The second-order valence-corrected chi connectivity index (χ2v) is 3.98. The van der Waals surface area contributed by atoms with Crippen LogP contribution in [0.5, 0.6) is 0 Å². The molecule has 17 heavy (non-hydrogen) atoms. The molecule has 0 unspecified atom stereocenters. The third kappa shape index (κ3) is 3.46. The van der Waals surface area contributed by atoms with Gasteiger partial charge in [0.2, 0.25) is 0 Å². The first-order valence-electron chi connectivity index (χ1n) is 5.83. The monoisotopic (exact) mass is 236 g/mol. The highest BCUT2D eigenvalue weighted by molar-refractivity contribution is 5.90. The number of benzene rings is 1. The highest BCUT2D eigenvalue weighted by Gasteiger charge is 2.12. The molecule has 0 bridgehead atoms. The maximum absolute atomic E-state index is 11.9. The SMILES string of the molecule is CCN(CCO)C(=O)Nc1cccc(C)c1C. The second kappa shape index (κ2) is 6.25. The van der Waals surface area contributed by atoms with Crippen molar-refractivity contribution in [1.29, 1.82) is 0 Å². The summed E-state index contributed by atoms with van der Waals surface area (Å²) in [4.78, 5) is 13.5. The molecule has 0 aliphatic carbocycles. The van der Waals surface area contributed by atoms with Crippen molar-refractivity contribution in [2.75, 3.05) is 25.0 Å². The van der Waals surface area contributed by atoms with Crippen LogP contribution in [0, 0.1) is 13.8 Å². The molecule has 0 heterocycles. The second-order valence-electron chi connectivity index (χ2n) is 3.98. The first kappa shape index (κ1) is 13.5. The Morgan fingerprint density at radius 3 is 2.71 bits per heavy atom. The van der Waals surface area contributed by atoms with Crippen molar-refractivity contribution < 1.29 is 9.90 Å². The number of carbonyl (C=O) groups excluding carboxylic acids is 1. The number of hydrogen-bond donors (Lipinski definition) is 2. The van der Waals surface area contributed by atoms with Gasteiger partial charge in [0.15, 0.2) is 0 Å². The number of amides is 2. The zero-order valence-electron chi connectivity index (χ0n) is 10.7. The maximum atomic E-state index is 11.9. The first-order chi connectivity index (χ1) is 8.10. The summed E-state index contributed by atoms with van der Waals surface area (Å²) in [5.74, 6) is 0. The number of carbonyl (C=O) groups is 1. The Hall–Kier alpha value is -1.55. The van der Waals surface area contributed by atoms with Gasteiger partial charge in [-0.2, -0.15) is 0 Å². The summed E-state index contributed by atoms with van der Waals surface area (Å²) < 4.78 is 0. The predicted molar refractivity (Wildman–Crippen MR) is 69.3 cm³/mol. The number of urea groups is 1. The highest BCUT2D eigenvalue weighted by atomic mass is 16.3. The zero-order valence-corrected chi connectivity index (χ0v) is 10.7. The first-order valence-corrected chi connectivity index (χ1v) is 5.83. The third-order valence-corrected chi connectivity index (χ3v) is 2.89. The average Bonchev–Trinajstić information content (AvgIpc) is 2.31. The largest absolute Gasteiger partial charge is 0.395 e. The molecule has 0 fully saturated rings. The number of anilines is 1. The van der Waals surface area contributed by atoms with Crippen LogP contribution in [0.25, 0.3) is 0 Å². The fourth-order valence-corrected chi connectivity index (χ4v) is 1.60. The lowest BCUT2D eigenvalue weighted by Gasteiger charge is -2.21. The van der Waals surface area contributed by atoms with Crippen LogP contribution < -0.4 is 5.32 Å².